The normalized spacial score (nSPS) is 20.7. The fraction of sp³-hybridized carbons (Fsp3) is 0.562. The van der Waals surface area contributed by atoms with E-state index in [1.54, 1.807) is 11.3 Å². The van der Waals surface area contributed by atoms with Gasteiger partial charge in [0.1, 0.15) is 0 Å². The van der Waals surface area contributed by atoms with E-state index >= 15 is 0 Å². The molecule has 2 atom stereocenters. The molecule has 23 heavy (non-hydrogen) atoms. The number of nitrogens with zero attached hydrogens (tertiary/aromatic N) is 2. The Kier molecular flexibility index (Phi) is 5.40. The Morgan fingerprint density at radius 3 is 3.13 bits per heavy atom. The zero-order valence-electron chi connectivity index (χ0n) is 12.9. The number of hydrogen-bond acceptors (Lipinski definition) is 6. The first-order valence-corrected chi connectivity index (χ1v) is 8.91. The van der Waals surface area contributed by atoms with E-state index in [2.05, 4.69) is 15.5 Å². The molecule has 2 aromatic heterocycles. The van der Waals surface area contributed by atoms with Crippen LogP contribution < -0.4 is 5.32 Å². The lowest BCUT2D eigenvalue weighted by Crippen LogP contribution is -2.32. The van der Waals surface area contributed by atoms with Crippen molar-refractivity contribution in [2.24, 2.45) is 5.92 Å². The van der Waals surface area contributed by atoms with Crippen LogP contribution >= 0.6 is 11.3 Å². The molecule has 0 saturated heterocycles. The molecule has 2 unspecified atom stereocenters. The lowest BCUT2D eigenvalue weighted by molar-refractivity contribution is -0.121. The number of aliphatic hydroxyl groups excluding tert-OH is 1. The number of hydrogen-bond donors (Lipinski definition) is 2. The molecule has 7 heteroatoms. The molecular formula is C16H21N3O3S. The number of nitrogens with one attached hydrogen (secondary N) is 1. The maximum absolute atomic E-state index is 11.8. The van der Waals surface area contributed by atoms with Gasteiger partial charge in [0, 0.05) is 25.3 Å². The average molecular weight is 335 g/mol. The average Bonchev–Trinajstić information content (AvgIpc) is 3.26. The zero-order chi connectivity index (χ0) is 16.1. The monoisotopic (exact) mass is 335 g/mol. The quantitative estimate of drug-likeness (QED) is 0.811. The number of carbonyl (C=O) groups excluding carboxylic acids is 1. The number of rotatable bonds is 7. The standard InChI is InChI=1S/C16H21N3O3S/c20-12-5-1-4-11(12)10-17-14(21)7-2-8-15-18-16(19-22-15)13-6-3-9-23-13/h3,6,9,11-12,20H,1-2,4-5,7-8,10H2,(H,17,21). The summed E-state index contributed by atoms with van der Waals surface area (Å²) in [6, 6.07) is 3.89. The topological polar surface area (TPSA) is 88.2 Å². The molecule has 2 heterocycles. The highest BCUT2D eigenvalue weighted by atomic mass is 32.1. The first kappa shape index (κ1) is 16.1. The van der Waals surface area contributed by atoms with Crippen molar-refractivity contribution in [3.8, 4) is 10.7 Å². The summed E-state index contributed by atoms with van der Waals surface area (Å²) in [6.07, 6.45) is 4.33. The van der Waals surface area contributed by atoms with Crippen LogP contribution in [0.1, 0.15) is 38.0 Å². The fourth-order valence-corrected chi connectivity index (χ4v) is 3.50. The zero-order valence-corrected chi connectivity index (χ0v) is 13.7. The summed E-state index contributed by atoms with van der Waals surface area (Å²) >= 11 is 1.57. The van der Waals surface area contributed by atoms with E-state index in [0.29, 0.717) is 37.5 Å². The molecule has 6 nitrogen and oxygen atoms in total. The van der Waals surface area contributed by atoms with Crippen LogP contribution in [0.4, 0.5) is 0 Å². The minimum absolute atomic E-state index is 0.0158. The van der Waals surface area contributed by atoms with Gasteiger partial charge in [-0.1, -0.05) is 17.6 Å². The van der Waals surface area contributed by atoms with Gasteiger partial charge in [0.2, 0.25) is 17.6 Å². The van der Waals surface area contributed by atoms with Crippen LogP contribution in [-0.2, 0) is 11.2 Å². The first-order chi connectivity index (χ1) is 11.2. The molecule has 1 fully saturated rings. The highest BCUT2D eigenvalue weighted by Gasteiger charge is 2.25. The number of aryl methyl sites for hydroxylation is 1. The van der Waals surface area contributed by atoms with Gasteiger partial charge < -0.3 is 14.9 Å². The van der Waals surface area contributed by atoms with Gasteiger partial charge in [0.05, 0.1) is 11.0 Å². The Bertz CT molecular complexity index is 626. The maximum Gasteiger partial charge on any atom is 0.226 e. The number of thiophene rings is 1. The molecule has 0 aromatic carbocycles. The third kappa shape index (κ3) is 4.39. The van der Waals surface area contributed by atoms with Crippen molar-refractivity contribution in [2.45, 2.75) is 44.6 Å². The molecule has 124 valence electrons. The van der Waals surface area contributed by atoms with Gasteiger partial charge in [-0.3, -0.25) is 4.79 Å². The molecule has 1 amide bonds. The van der Waals surface area contributed by atoms with Gasteiger partial charge in [-0.2, -0.15) is 4.98 Å². The Morgan fingerprint density at radius 2 is 2.39 bits per heavy atom. The summed E-state index contributed by atoms with van der Waals surface area (Å²) in [4.78, 5) is 17.1. The summed E-state index contributed by atoms with van der Waals surface area (Å²) in [7, 11) is 0. The summed E-state index contributed by atoms with van der Waals surface area (Å²) in [5.41, 5.74) is 0. The van der Waals surface area contributed by atoms with Crippen LogP contribution in [0.5, 0.6) is 0 Å². The Hall–Kier alpha value is -1.73. The van der Waals surface area contributed by atoms with Crippen molar-refractivity contribution in [3.63, 3.8) is 0 Å². The van der Waals surface area contributed by atoms with Crippen molar-refractivity contribution in [1.29, 1.82) is 0 Å². The molecular weight excluding hydrogens is 314 g/mol. The first-order valence-electron chi connectivity index (χ1n) is 8.03. The van der Waals surface area contributed by atoms with Crippen molar-refractivity contribution >= 4 is 17.2 Å². The van der Waals surface area contributed by atoms with E-state index in [1.165, 1.54) is 0 Å². The summed E-state index contributed by atoms with van der Waals surface area (Å²) in [6.45, 7) is 0.573. The molecule has 2 N–H and O–H groups in total. The number of aromatic nitrogens is 2. The molecule has 1 aliphatic rings. The van der Waals surface area contributed by atoms with E-state index in [4.69, 9.17) is 4.52 Å². The van der Waals surface area contributed by atoms with Crippen LogP contribution in [0.15, 0.2) is 22.0 Å². The largest absolute Gasteiger partial charge is 0.393 e. The van der Waals surface area contributed by atoms with Crippen molar-refractivity contribution < 1.29 is 14.4 Å². The maximum atomic E-state index is 11.8. The van der Waals surface area contributed by atoms with Gasteiger partial charge in [-0.05, 0) is 30.7 Å². The molecule has 0 spiro atoms. The molecule has 1 aliphatic carbocycles. The minimum Gasteiger partial charge on any atom is -0.393 e. The van der Waals surface area contributed by atoms with Crippen LogP contribution in [0, 0.1) is 5.92 Å². The summed E-state index contributed by atoms with van der Waals surface area (Å²) < 4.78 is 5.21. The summed E-state index contributed by atoms with van der Waals surface area (Å²) in [5, 5.41) is 18.6. The molecule has 2 aromatic rings. The van der Waals surface area contributed by atoms with Gasteiger partial charge in [-0.25, -0.2) is 0 Å². The number of carbonyl (C=O) groups is 1. The SMILES string of the molecule is O=C(CCCc1nc(-c2cccs2)no1)NCC1CCCC1O. The van der Waals surface area contributed by atoms with Gasteiger partial charge >= 0.3 is 0 Å². The molecule has 0 aliphatic heterocycles. The smallest absolute Gasteiger partial charge is 0.226 e. The molecule has 0 bridgehead atoms. The third-order valence-electron chi connectivity index (χ3n) is 4.18. The second kappa shape index (κ2) is 7.70. The van der Waals surface area contributed by atoms with E-state index in [1.807, 2.05) is 17.5 Å². The highest BCUT2D eigenvalue weighted by Crippen LogP contribution is 2.24. The predicted molar refractivity (Wildman–Crippen MR) is 86.9 cm³/mol. The van der Waals surface area contributed by atoms with E-state index < -0.39 is 0 Å². The van der Waals surface area contributed by atoms with Crippen LogP contribution in [-0.4, -0.2) is 33.8 Å². The minimum atomic E-state index is -0.260. The van der Waals surface area contributed by atoms with Crippen LogP contribution in [0.25, 0.3) is 10.7 Å². The van der Waals surface area contributed by atoms with Crippen LogP contribution in [0.3, 0.4) is 0 Å². The Labute approximate surface area is 138 Å². The van der Waals surface area contributed by atoms with Crippen molar-refractivity contribution in [1.82, 2.24) is 15.5 Å². The Balaban J connectivity index is 1.37. The number of aliphatic hydroxyl groups is 1. The fourth-order valence-electron chi connectivity index (χ4n) is 2.85. The second-order valence-electron chi connectivity index (χ2n) is 5.90. The van der Waals surface area contributed by atoms with Gasteiger partial charge in [-0.15, -0.1) is 11.3 Å². The van der Waals surface area contributed by atoms with Crippen LogP contribution in [0.2, 0.25) is 0 Å². The van der Waals surface area contributed by atoms with Gasteiger partial charge in [0.25, 0.3) is 0 Å². The highest BCUT2D eigenvalue weighted by molar-refractivity contribution is 7.13. The van der Waals surface area contributed by atoms with E-state index in [-0.39, 0.29) is 17.9 Å². The molecule has 1 saturated carbocycles. The molecule has 3 rings (SSSR count). The van der Waals surface area contributed by atoms with Gasteiger partial charge in [0.15, 0.2) is 0 Å². The third-order valence-corrected chi connectivity index (χ3v) is 5.05. The van der Waals surface area contributed by atoms with Crippen molar-refractivity contribution in [2.75, 3.05) is 6.54 Å². The number of amides is 1. The van der Waals surface area contributed by atoms with Crippen molar-refractivity contribution in [3.05, 3.63) is 23.4 Å². The summed E-state index contributed by atoms with van der Waals surface area (Å²) in [5.74, 6) is 1.40. The Morgan fingerprint density at radius 1 is 1.48 bits per heavy atom. The van der Waals surface area contributed by atoms with E-state index in [0.717, 1.165) is 24.1 Å². The molecule has 0 radical (unpaired) electrons. The second-order valence-corrected chi connectivity index (χ2v) is 6.85. The predicted octanol–water partition coefficient (Wildman–Crippen LogP) is 2.40. The lowest BCUT2D eigenvalue weighted by atomic mass is 10.1. The van der Waals surface area contributed by atoms with E-state index in [9.17, 15) is 9.90 Å². The lowest BCUT2D eigenvalue weighted by Gasteiger charge is -2.14.